The third-order valence-electron chi connectivity index (χ3n) is 3.54. The molecule has 2 aromatic rings. The number of hydrogen-bond acceptors (Lipinski definition) is 4. The lowest BCUT2D eigenvalue weighted by Crippen LogP contribution is -2.23. The smallest absolute Gasteiger partial charge is 0.344 e. The Bertz CT molecular complexity index is 768. The van der Waals surface area contributed by atoms with Crippen LogP contribution in [0, 0.1) is 13.8 Å². The van der Waals surface area contributed by atoms with Crippen LogP contribution < -0.4 is 9.47 Å². The van der Waals surface area contributed by atoms with E-state index in [0.29, 0.717) is 11.5 Å². The van der Waals surface area contributed by atoms with Crippen molar-refractivity contribution in [1.82, 2.24) is 0 Å². The van der Waals surface area contributed by atoms with Gasteiger partial charge >= 0.3 is 5.97 Å². The van der Waals surface area contributed by atoms with Crippen LogP contribution in [-0.2, 0) is 4.79 Å². The van der Waals surface area contributed by atoms with Crippen molar-refractivity contribution < 1.29 is 19.4 Å². The number of aliphatic imine (C=N–C) groups is 1. The lowest BCUT2D eigenvalue weighted by molar-refractivity contribution is -0.144. The summed E-state index contributed by atoms with van der Waals surface area (Å²) in [5, 5.41) is 8.93. The minimum atomic E-state index is -1.03. The van der Waals surface area contributed by atoms with E-state index < -0.39 is 12.1 Å². The number of benzene rings is 2. The van der Waals surface area contributed by atoms with E-state index in [4.69, 9.17) is 14.6 Å². The molecule has 0 bridgehead atoms. The number of methoxy groups -OCH3 is 1. The highest BCUT2D eigenvalue weighted by Crippen LogP contribution is 2.29. The predicted molar refractivity (Wildman–Crippen MR) is 93.9 cm³/mol. The lowest BCUT2D eigenvalue weighted by Gasteiger charge is -2.14. The van der Waals surface area contributed by atoms with Gasteiger partial charge in [0, 0.05) is 6.21 Å². The number of ether oxygens (including phenoxy) is 2. The highest BCUT2D eigenvalue weighted by atomic mass is 16.5. The Balaban J connectivity index is 2.22. The number of rotatable bonds is 6. The Hall–Kier alpha value is -2.82. The summed E-state index contributed by atoms with van der Waals surface area (Å²) in [5.41, 5.74) is 4.04. The summed E-state index contributed by atoms with van der Waals surface area (Å²) >= 11 is 0. The summed E-state index contributed by atoms with van der Waals surface area (Å²) in [4.78, 5) is 15.4. The van der Waals surface area contributed by atoms with Gasteiger partial charge in [-0.25, -0.2) is 4.79 Å². The third kappa shape index (κ3) is 4.35. The van der Waals surface area contributed by atoms with Crippen molar-refractivity contribution in [2.24, 2.45) is 4.99 Å². The summed E-state index contributed by atoms with van der Waals surface area (Å²) < 4.78 is 10.7. The second-order valence-electron chi connectivity index (χ2n) is 5.56. The Morgan fingerprint density at radius 3 is 2.54 bits per heavy atom. The van der Waals surface area contributed by atoms with Crippen LogP contribution in [0.4, 0.5) is 5.69 Å². The quantitative estimate of drug-likeness (QED) is 0.817. The number of nitrogens with zero attached hydrogens (tertiary/aromatic N) is 1. The molecule has 0 saturated heterocycles. The van der Waals surface area contributed by atoms with Crippen LogP contribution in [0.3, 0.4) is 0 Å². The van der Waals surface area contributed by atoms with E-state index >= 15 is 0 Å². The third-order valence-corrected chi connectivity index (χ3v) is 3.54. The van der Waals surface area contributed by atoms with Gasteiger partial charge in [-0.1, -0.05) is 17.7 Å². The largest absolute Gasteiger partial charge is 0.493 e. The van der Waals surface area contributed by atoms with Gasteiger partial charge in [0.1, 0.15) is 0 Å². The van der Waals surface area contributed by atoms with Gasteiger partial charge in [0.2, 0.25) is 0 Å². The maximum Gasteiger partial charge on any atom is 0.344 e. The summed E-state index contributed by atoms with van der Waals surface area (Å²) in [6, 6.07) is 11.3. The van der Waals surface area contributed by atoms with Crippen LogP contribution in [-0.4, -0.2) is 30.5 Å². The molecule has 2 rings (SSSR count). The molecular weight excluding hydrogens is 306 g/mol. The Labute approximate surface area is 141 Å². The van der Waals surface area contributed by atoms with E-state index in [0.717, 1.165) is 16.8 Å². The Kier molecular flexibility index (Phi) is 5.58. The van der Waals surface area contributed by atoms with E-state index in [-0.39, 0.29) is 0 Å². The van der Waals surface area contributed by atoms with Gasteiger partial charge in [-0.15, -0.1) is 0 Å². The molecule has 1 atom stereocenters. The van der Waals surface area contributed by atoms with Crippen LogP contribution in [0.2, 0.25) is 0 Å². The molecule has 2 aromatic carbocycles. The van der Waals surface area contributed by atoms with Crippen molar-refractivity contribution in [3.05, 3.63) is 53.1 Å². The second-order valence-corrected chi connectivity index (χ2v) is 5.56. The average molecular weight is 327 g/mol. The summed E-state index contributed by atoms with van der Waals surface area (Å²) in [5.74, 6) is -0.179. The monoisotopic (exact) mass is 327 g/mol. The van der Waals surface area contributed by atoms with Gasteiger partial charge in [-0.2, -0.15) is 0 Å². The second kappa shape index (κ2) is 7.64. The fraction of sp³-hybridized carbons (Fsp3) is 0.263. The molecule has 0 aromatic heterocycles. The number of aliphatic carboxylic acids is 1. The summed E-state index contributed by atoms with van der Waals surface area (Å²) in [6.07, 6.45) is 0.790. The molecule has 0 saturated carbocycles. The van der Waals surface area contributed by atoms with Gasteiger partial charge < -0.3 is 14.6 Å². The van der Waals surface area contributed by atoms with E-state index in [2.05, 4.69) is 11.1 Å². The average Bonchev–Trinajstić information content (AvgIpc) is 2.54. The fourth-order valence-corrected chi connectivity index (χ4v) is 2.20. The summed E-state index contributed by atoms with van der Waals surface area (Å²) in [6.45, 7) is 5.53. The van der Waals surface area contributed by atoms with Crippen LogP contribution in [0.5, 0.6) is 11.5 Å². The molecule has 0 aliphatic rings. The lowest BCUT2D eigenvalue weighted by atomic mass is 10.1. The number of carboxylic acid groups (broad SMARTS) is 1. The van der Waals surface area contributed by atoms with Crippen molar-refractivity contribution in [1.29, 1.82) is 0 Å². The van der Waals surface area contributed by atoms with Crippen LogP contribution in [0.25, 0.3) is 0 Å². The minimum Gasteiger partial charge on any atom is -0.493 e. The number of aryl methyl sites for hydroxylation is 2. The van der Waals surface area contributed by atoms with Crippen molar-refractivity contribution >= 4 is 17.9 Å². The molecule has 0 radical (unpaired) electrons. The predicted octanol–water partition coefficient (Wildman–Crippen LogP) is 3.91. The molecule has 0 aliphatic carbocycles. The fourth-order valence-electron chi connectivity index (χ4n) is 2.20. The first-order valence-electron chi connectivity index (χ1n) is 7.59. The first-order chi connectivity index (χ1) is 11.4. The zero-order chi connectivity index (χ0) is 17.7. The SMILES string of the molecule is COc1cc(C=Nc2ccc(C)cc2C)ccc1O[C@H](C)C(=O)O. The number of carboxylic acids is 1. The zero-order valence-electron chi connectivity index (χ0n) is 14.2. The highest BCUT2D eigenvalue weighted by Gasteiger charge is 2.15. The topological polar surface area (TPSA) is 68.1 Å². The van der Waals surface area contributed by atoms with Crippen molar-refractivity contribution in [2.45, 2.75) is 26.9 Å². The van der Waals surface area contributed by atoms with Crippen molar-refractivity contribution in [2.75, 3.05) is 7.11 Å². The maximum absolute atomic E-state index is 10.9. The van der Waals surface area contributed by atoms with E-state index in [1.54, 1.807) is 24.4 Å². The zero-order valence-corrected chi connectivity index (χ0v) is 14.2. The maximum atomic E-state index is 10.9. The Morgan fingerprint density at radius 2 is 1.92 bits per heavy atom. The molecule has 0 aliphatic heterocycles. The normalized spacial score (nSPS) is 12.2. The molecule has 0 unspecified atom stereocenters. The first-order valence-corrected chi connectivity index (χ1v) is 7.59. The minimum absolute atomic E-state index is 0.385. The van der Waals surface area contributed by atoms with Crippen LogP contribution in [0.1, 0.15) is 23.6 Å². The van der Waals surface area contributed by atoms with Crippen molar-refractivity contribution in [3.8, 4) is 11.5 Å². The standard InChI is InChI=1S/C19H21NO4/c1-12-5-7-16(13(2)9-12)20-11-15-6-8-17(18(10-15)23-4)24-14(3)19(21)22/h5-11,14H,1-4H3,(H,21,22)/t14-/m1/s1. The molecule has 0 spiro atoms. The highest BCUT2D eigenvalue weighted by molar-refractivity contribution is 5.83. The molecule has 0 heterocycles. The molecule has 0 amide bonds. The van der Waals surface area contributed by atoms with Gasteiger partial charge in [-0.3, -0.25) is 4.99 Å². The molecular formula is C19H21NO4. The molecule has 5 nitrogen and oxygen atoms in total. The molecule has 0 fully saturated rings. The number of hydrogen-bond donors (Lipinski definition) is 1. The first kappa shape index (κ1) is 17.5. The molecule has 5 heteroatoms. The van der Waals surface area contributed by atoms with E-state index in [1.165, 1.54) is 19.6 Å². The summed E-state index contributed by atoms with van der Waals surface area (Å²) in [7, 11) is 1.51. The van der Waals surface area contributed by atoms with Gasteiger partial charge in [0.05, 0.1) is 12.8 Å². The van der Waals surface area contributed by atoms with E-state index in [1.807, 2.05) is 26.0 Å². The molecule has 126 valence electrons. The Morgan fingerprint density at radius 1 is 1.17 bits per heavy atom. The number of carbonyl (C=O) groups is 1. The van der Waals surface area contributed by atoms with Crippen LogP contribution in [0.15, 0.2) is 41.4 Å². The van der Waals surface area contributed by atoms with Crippen molar-refractivity contribution in [3.63, 3.8) is 0 Å². The van der Waals surface area contributed by atoms with Gasteiger partial charge in [-0.05, 0) is 56.2 Å². The van der Waals surface area contributed by atoms with Gasteiger partial charge in [0.15, 0.2) is 17.6 Å². The molecule has 1 N–H and O–H groups in total. The van der Waals surface area contributed by atoms with E-state index in [9.17, 15) is 4.79 Å². The van der Waals surface area contributed by atoms with Gasteiger partial charge in [0.25, 0.3) is 0 Å². The van der Waals surface area contributed by atoms with Crippen LogP contribution >= 0.6 is 0 Å². The molecule has 24 heavy (non-hydrogen) atoms.